The number of thiophene rings is 1. The van der Waals surface area contributed by atoms with Gasteiger partial charge in [-0.25, -0.2) is 23.5 Å². The standard InChI is InChI=1S/C14H13N5O5S2/c15-26(23,24)10-2-1-8(5-16-10)18-12(21)9-6-25-13-11(9)14(22)19(3-4-20)7-17-13/h1-2,5-7,20H,3-4H2,(H,18,21)(H2,15,23,24). The number of aliphatic hydroxyl groups excluding tert-OH is 1. The molecule has 12 heteroatoms. The first-order chi connectivity index (χ1) is 12.3. The maximum atomic E-state index is 12.5. The number of aliphatic hydroxyl groups is 1. The highest BCUT2D eigenvalue weighted by Crippen LogP contribution is 2.22. The van der Waals surface area contributed by atoms with Crippen LogP contribution in [0.5, 0.6) is 0 Å². The Kier molecular flexibility index (Phi) is 4.82. The molecule has 0 saturated carbocycles. The van der Waals surface area contributed by atoms with E-state index in [1.165, 1.54) is 22.3 Å². The van der Waals surface area contributed by atoms with Crippen molar-refractivity contribution in [1.29, 1.82) is 0 Å². The van der Waals surface area contributed by atoms with Gasteiger partial charge in [0.05, 0.1) is 42.3 Å². The Morgan fingerprint density at radius 2 is 2.12 bits per heavy atom. The van der Waals surface area contributed by atoms with E-state index in [9.17, 15) is 18.0 Å². The minimum atomic E-state index is -3.93. The molecule has 136 valence electrons. The topological polar surface area (TPSA) is 157 Å². The van der Waals surface area contributed by atoms with E-state index in [1.54, 1.807) is 0 Å². The molecule has 10 nitrogen and oxygen atoms in total. The van der Waals surface area contributed by atoms with Crippen LogP contribution in [0.25, 0.3) is 10.2 Å². The molecule has 0 aromatic carbocycles. The molecule has 3 aromatic rings. The number of aromatic nitrogens is 3. The molecule has 0 fully saturated rings. The molecule has 4 N–H and O–H groups in total. The third-order valence-electron chi connectivity index (χ3n) is 3.43. The SMILES string of the molecule is NS(=O)(=O)c1ccc(NC(=O)c2csc3ncn(CCO)c(=O)c23)cn1. The predicted molar refractivity (Wildman–Crippen MR) is 94.5 cm³/mol. The fraction of sp³-hybridized carbons (Fsp3) is 0.143. The molecule has 3 heterocycles. The van der Waals surface area contributed by atoms with Gasteiger partial charge in [-0.2, -0.15) is 0 Å². The van der Waals surface area contributed by atoms with E-state index in [0.29, 0.717) is 4.83 Å². The molecule has 0 unspecified atom stereocenters. The monoisotopic (exact) mass is 395 g/mol. The van der Waals surface area contributed by atoms with Gasteiger partial charge in [0.25, 0.3) is 21.5 Å². The quantitative estimate of drug-likeness (QED) is 0.537. The lowest BCUT2D eigenvalue weighted by Crippen LogP contribution is -2.23. The number of fused-ring (bicyclic) bond motifs is 1. The first-order valence-corrected chi connectivity index (χ1v) is 9.61. The van der Waals surface area contributed by atoms with Gasteiger partial charge in [0, 0.05) is 5.38 Å². The van der Waals surface area contributed by atoms with Crippen LogP contribution in [-0.4, -0.2) is 40.6 Å². The molecular weight excluding hydrogens is 382 g/mol. The molecular formula is C14H13N5O5S2. The van der Waals surface area contributed by atoms with Crippen molar-refractivity contribution in [3.63, 3.8) is 0 Å². The molecule has 0 aliphatic heterocycles. The number of nitrogens with two attached hydrogens (primary N) is 1. The van der Waals surface area contributed by atoms with Crippen LogP contribution in [0.4, 0.5) is 5.69 Å². The Morgan fingerprint density at radius 1 is 1.35 bits per heavy atom. The van der Waals surface area contributed by atoms with Crippen LogP contribution >= 0.6 is 11.3 Å². The van der Waals surface area contributed by atoms with E-state index in [-0.39, 0.29) is 34.8 Å². The normalized spacial score (nSPS) is 11.6. The van der Waals surface area contributed by atoms with Gasteiger partial charge in [-0.1, -0.05) is 0 Å². The number of nitrogens with one attached hydrogen (secondary N) is 1. The van der Waals surface area contributed by atoms with Gasteiger partial charge in [-0.15, -0.1) is 11.3 Å². The molecule has 0 bridgehead atoms. The van der Waals surface area contributed by atoms with Crippen LogP contribution in [0.1, 0.15) is 10.4 Å². The minimum Gasteiger partial charge on any atom is -0.395 e. The van der Waals surface area contributed by atoms with Crippen LogP contribution in [-0.2, 0) is 16.6 Å². The zero-order valence-corrected chi connectivity index (χ0v) is 14.7. The van der Waals surface area contributed by atoms with Crippen molar-refractivity contribution in [3.05, 3.63) is 46.0 Å². The fourth-order valence-electron chi connectivity index (χ4n) is 2.22. The Balaban J connectivity index is 1.93. The van der Waals surface area contributed by atoms with Crippen LogP contribution in [0.2, 0.25) is 0 Å². The Morgan fingerprint density at radius 3 is 2.73 bits per heavy atom. The predicted octanol–water partition coefficient (Wildman–Crippen LogP) is -0.255. The van der Waals surface area contributed by atoms with E-state index < -0.39 is 21.5 Å². The summed E-state index contributed by atoms with van der Waals surface area (Å²) in [6, 6.07) is 2.49. The van der Waals surface area contributed by atoms with Gasteiger partial charge in [-0.3, -0.25) is 14.2 Å². The summed E-state index contributed by atoms with van der Waals surface area (Å²) >= 11 is 1.14. The van der Waals surface area contributed by atoms with Crippen molar-refractivity contribution in [2.75, 3.05) is 11.9 Å². The van der Waals surface area contributed by atoms with Gasteiger partial charge < -0.3 is 10.4 Å². The average molecular weight is 395 g/mol. The number of pyridine rings is 1. The molecule has 0 aliphatic rings. The number of anilines is 1. The highest BCUT2D eigenvalue weighted by molar-refractivity contribution is 7.89. The number of rotatable bonds is 5. The van der Waals surface area contributed by atoms with Crippen molar-refractivity contribution >= 4 is 43.2 Å². The van der Waals surface area contributed by atoms with Crippen molar-refractivity contribution in [1.82, 2.24) is 14.5 Å². The molecule has 0 spiro atoms. The summed E-state index contributed by atoms with van der Waals surface area (Å²) in [4.78, 5) is 33.1. The molecule has 0 atom stereocenters. The highest BCUT2D eigenvalue weighted by Gasteiger charge is 2.18. The number of hydrogen-bond acceptors (Lipinski definition) is 8. The third-order valence-corrected chi connectivity index (χ3v) is 5.14. The van der Waals surface area contributed by atoms with Gasteiger partial charge in [-0.05, 0) is 12.1 Å². The van der Waals surface area contributed by atoms with Gasteiger partial charge in [0.1, 0.15) is 4.83 Å². The molecule has 0 radical (unpaired) electrons. The summed E-state index contributed by atoms with van der Waals surface area (Å²) in [6.45, 7) is -0.168. The van der Waals surface area contributed by atoms with E-state index in [1.807, 2.05) is 0 Å². The second-order valence-electron chi connectivity index (χ2n) is 5.18. The maximum Gasteiger partial charge on any atom is 0.262 e. The first-order valence-electron chi connectivity index (χ1n) is 7.19. The average Bonchev–Trinajstić information content (AvgIpc) is 3.02. The van der Waals surface area contributed by atoms with Crippen LogP contribution in [0, 0.1) is 0 Å². The summed E-state index contributed by atoms with van der Waals surface area (Å²) in [5.74, 6) is -0.568. The summed E-state index contributed by atoms with van der Waals surface area (Å²) in [5, 5.41) is 17.8. The number of sulfonamides is 1. The maximum absolute atomic E-state index is 12.5. The molecule has 3 rings (SSSR count). The van der Waals surface area contributed by atoms with Crippen molar-refractivity contribution in [3.8, 4) is 0 Å². The van der Waals surface area contributed by atoms with Crippen LogP contribution < -0.4 is 16.0 Å². The molecule has 3 aromatic heterocycles. The lowest BCUT2D eigenvalue weighted by molar-refractivity contribution is 0.102. The Hall–Kier alpha value is -2.67. The minimum absolute atomic E-state index is 0.0671. The van der Waals surface area contributed by atoms with Crippen molar-refractivity contribution < 1.29 is 18.3 Å². The number of carbonyl (C=O) groups is 1. The van der Waals surface area contributed by atoms with E-state index in [4.69, 9.17) is 10.2 Å². The largest absolute Gasteiger partial charge is 0.395 e. The van der Waals surface area contributed by atoms with Crippen molar-refractivity contribution in [2.45, 2.75) is 11.6 Å². The van der Waals surface area contributed by atoms with Gasteiger partial charge >= 0.3 is 0 Å². The third kappa shape index (κ3) is 3.48. The van der Waals surface area contributed by atoms with Crippen LogP contribution in [0.15, 0.2) is 39.9 Å². The number of hydrogen-bond donors (Lipinski definition) is 3. The number of nitrogens with zero attached hydrogens (tertiary/aromatic N) is 3. The Bertz CT molecular complexity index is 1130. The zero-order valence-electron chi connectivity index (χ0n) is 13.1. The van der Waals surface area contributed by atoms with E-state index in [2.05, 4.69) is 15.3 Å². The second-order valence-corrected chi connectivity index (χ2v) is 7.55. The van der Waals surface area contributed by atoms with E-state index >= 15 is 0 Å². The number of carbonyl (C=O) groups excluding carboxylic acids is 1. The summed E-state index contributed by atoms with van der Waals surface area (Å²) < 4.78 is 23.6. The molecule has 0 aliphatic carbocycles. The number of primary sulfonamides is 1. The van der Waals surface area contributed by atoms with Gasteiger partial charge in [0.2, 0.25) is 0 Å². The second kappa shape index (κ2) is 6.92. The zero-order chi connectivity index (χ0) is 18.9. The molecule has 26 heavy (non-hydrogen) atoms. The molecule has 1 amide bonds. The lowest BCUT2D eigenvalue weighted by Gasteiger charge is -2.06. The summed E-state index contributed by atoms with van der Waals surface area (Å²) in [6.07, 6.45) is 2.46. The van der Waals surface area contributed by atoms with Gasteiger partial charge in [0.15, 0.2) is 5.03 Å². The first kappa shape index (κ1) is 18.1. The molecule has 0 saturated heterocycles. The fourth-order valence-corrected chi connectivity index (χ4v) is 3.56. The summed E-state index contributed by atoms with van der Waals surface area (Å²) in [7, 11) is -3.93. The van der Waals surface area contributed by atoms with E-state index in [0.717, 1.165) is 23.6 Å². The smallest absolute Gasteiger partial charge is 0.262 e. The Labute approximate surface area is 151 Å². The van der Waals surface area contributed by atoms with Crippen molar-refractivity contribution in [2.24, 2.45) is 5.14 Å². The highest BCUT2D eigenvalue weighted by atomic mass is 32.2. The summed E-state index contributed by atoms with van der Waals surface area (Å²) in [5.41, 5.74) is -0.0650. The lowest BCUT2D eigenvalue weighted by atomic mass is 10.2. The van der Waals surface area contributed by atoms with Crippen LogP contribution in [0.3, 0.4) is 0 Å². The number of amides is 1.